The van der Waals surface area contributed by atoms with E-state index in [0.29, 0.717) is 34.0 Å². The highest BCUT2D eigenvalue weighted by atomic mass is 35.5. The molecular weight excluding hydrogens is 915 g/mol. The lowest BCUT2D eigenvalue weighted by Crippen LogP contribution is -2.39. The molecule has 10 rings (SSSR count). The number of aromatic nitrogens is 6. The van der Waals surface area contributed by atoms with Crippen molar-refractivity contribution >= 4 is 86.6 Å². The third-order valence-electron chi connectivity index (χ3n) is 12.1. The van der Waals surface area contributed by atoms with Crippen molar-refractivity contribution < 1.29 is 4.79 Å². The molecule has 0 unspecified atom stereocenters. The molecule has 356 valence electrons. The van der Waals surface area contributed by atoms with Gasteiger partial charge in [0.25, 0.3) is 0 Å². The number of benzene rings is 4. The number of piperidine rings is 2. The van der Waals surface area contributed by atoms with Gasteiger partial charge in [-0.3, -0.25) is 14.6 Å². The van der Waals surface area contributed by atoms with Crippen molar-refractivity contribution in [2.75, 3.05) is 47.9 Å². The first kappa shape index (κ1) is 51.2. The predicted octanol–water partition coefficient (Wildman–Crippen LogP) is 11.9. The number of amides is 1. The van der Waals surface area contributed by atoms with Crippen molar-refractivity contribution in [2.24, 2.45) is 0 Å². The molecule has 2 aliphatic heterocycles. The van der Waals surface area contributed by atoms with Gasteiger partial charge in [-0.15, -0.1) is 12.4 Å². The van der Waals surface area contributed by atoms with Crippen molar-refractivity contribution in [1.82, 2.24) is 39.7 Å². The Morgan fingerprint density at radius 1 is 0.647 bits per heavy atom. The number of likely N-dealkylation sites (tertiary alicyclic amines) is 2. The maximum atomic E-state index is 11.2. The normalized spacial score (nSPS) is 14.5. The predicted molar refractivity (Wildman–Crippen MR) is 285 cm³/mol. The van der Waals surface area contributed by atoms with Crippen molar-refractivity contribution in [1.29, 1.82) is 0 Å². The van der Waals surface area contributed by atoms with Crippen molar-refractivity contribution in [3.63, 3.8) is 0 Å². The van der Waals surface area contributed by atoms with Gasteiger partial charge in [0.15, 0.2) is 0 Å². The quantitative estimate of drug-likeness (QED) is 0.0686. The van der Waals surface area contributed by atoms with E-state index in [0.717, 1.165) is 121 Å². The zero-order valence-electron chi connectivity index (χ0n) is 36.6. The van der Waals surface area contributed by atoms with Crippen LogP contribution in [0.4, 0.5) is 23.3 Å². The number of nitrogens with one attached hydrogen (secondary N) is 5. The molecule has 2 aliphatic rings. The van der Waals surface area contributed by atoms with Crippen LogP contribution in [-0.4, -0.2) is 83.9 Å². The SMILES string of the molecule is C.C.CC(=O)Nc1ccc(CN2CCC(Nc3ncc(Cl)c(-c4c[nH]c5ccccc45)n3)CC2)cc1.Cl.Nc1ccc(CN2CCC(Nc3ncc(Cl)c(-c4c[nH]c5ccccc45)n3)CC2)cc1. The largest absolute Gasteiger partial charge is 0.399 e. The monoisotopic (exact) mass is 974 g/mol. The third kappa shape index (κ3) is 12.6. The number of anilines is 4. The number of H-pyrrole nitrogens is 2. The highest BCUT2D eigenvalue weighted by Gasteiger charge is 2.23. The average Bonchev–Trinajstić information content (AvgIpc) is 3.95. The van der Waals surface area contributed by atoms with E-state index in [1.54, 1.807) is 12.4 Å². The minimum atomic E-state index is -0.0550. The van der Waals surface area contributed by atoms with Gasteiger partial charge in [-0.1, -0.05) is 98.7 Å². The number of para-hydroxylation sites is 2. The number of halogens is 3. The van der Waals surface area contributed by atoms with Gasteiger partial charge in [-0.25, -0.2) is 19.9 Å². The van der Waals surface area contributed by atoms with Crippen LogP contribution in [-0.2, 0) is 17.9 Å². The van der Waals surface area contributed by atoms with E-state index in [9.17, 15) is 4.79 Å². The fourth-order valence-electron chi connectivity index (χ4n) is 8.66. The molecule has 2 saturated heterocycles. The number of aromatic amines is 2. The molecule has 4 aromatic heterocycles. The van der Waals surface area contributed by atoms with E-state index in [2.05, 4.69) is 82.1 Å². The Kier molecular flexibility index (Phi) is 17.8. The van der Waals surface area contributed by atoms with Gasteiger partial charge in [0, 0.05) is 115 Å². The Bertz CT molecular complexity index is 2870. The molecule has 7 N–H and O–H groups in total. The maximum absolute atomic E-state index is 11.2. The summed E-state index contributed by atoms with van der Waals surface area (Å²) in [5, 5.41) is 13.1. The Hall–Kier alpha value is -6.22. The van der Waals surface area contributed by atoms with Crippen LogP contribution in [0.2, 0.25) is 10.0 Å². The number of carbonyl (C=O) groups excluding carboxylic acids is 1. The molecule has 0 radical (unpaired) electrons. The van der Waals surface area contributed by atoms with E-state index < -0.39 is 0 Å². The zero-order chi connectivity index (χ0) is 44.7. The standard InChI is InChI=1S/C26H27ClN6O.C24H25ClN6.2CH4.ClH/c1-17(34)30-19-8-6-18(7-9-19)16-33-12-10-20(11-13-33)31-26-29-15-23(27)25(32-26)22-14-28-24-5-3-2-4-21(22)24;25-21-14-28-24(30-23(21)20-13-27-22-4-2-1-3-19(20)22)29-18-9-11-31(12-10-18)15-16-5-7-17(26)8-6-16;;;/h2-9,14-15,20,28H,10-13,16H2,1H3,(H,30,34)(H,29,31,32);1-8,13-14,18,27H,9-12,15,26H2,(H,28,29,30);2*1H4;1H. The van der Waals surface area contributed by atoms with Crippen molar-refractivity contribution in [3.05, 3.63) is 143 Å². The van der Waals surface area contributed by atoms with Crippen LogP contribution >= 0.6 is 35.6 Å². The van der Waals surface area contributed by atoms with E-state index >= 15 is 0 Å². The molecule has 0 spiro atoms. The van der Waals surface area contributed by atoms with Gasteiger partial charge in [0.1, 0.15) is 0 Å². The molecular formula is C52H61Cl3N12O. The van der Waals surface area contributed by atoms with Gasteiger partial charge in [0.05, 0.1) is 33.8 Å². The molecule has 2 fully saturated rings. The van der Waals surface area contributed by atoms with E-state index in [4.69, 9.17) is 38.9 Å². The molecule has 0 saturated carbocycles. The number of nitrogens with zero attached hydrogens (tertiary/aromatic N) is 6. The van der Waals surface area contributed by atoms with Crippen LogP contribution in [0.15, 0.2) is 122 Å². The second-order valence-corrected chi connectivity index (χ2v) is 17.6. The van der Waals surface area contributed by atoms with Gasteiger partial charge < -0.3 is 31.7 Å². The summed E-state index contributed by atoms with van der Waals surface area (Å²) in [6.45, 7) is 7.42. The fourth-order valence-corrected chi connectivity index (χ4v) is 9.04. The fraction of sp³-hybridized carbons (Fsp3) is 0.288. The molecule has 0 atom stereocenters. The number of nitrogen functional groups attached to an aromatic ring is 1. The summed E-state index contributed by atoms with van der Waals surface area (Å²) in [5.41, 5.74) is 15.5. The van der Waals surface area contributed by atoms with Gasteiger partial charge in [-0.05, 0) is 73.2 Å². The summed E-state index contributed by atoms with van der Waals surface area (Å²) in [6, 6.07) is 33.1. The second kappa shape index (κ2) is 23.7. The maximum Gasteiger partial charge on any atom is 0.223 e. The van der Waals surface area contributed by atoms with Gasteiger partial charge >= 0.3 is 0 Å². The topological polar surface area (TPSA) is 169 Å². The van der Waals surface area contributed by atoms with Crippen molar-refractivity contribution in [2.45, 2.75) is 72.6 Å². The van der Waals surface area contributed by atoms with E-state index in [1.165, 1.54) is 18.1 Å². The van der Waals surface area contributed by atoms with Crippen LogP contribution in [0, 0.1) is 0 Å². The lowest BCUT2D eigenvalue weighted by Gasteiger charge is -2.32. The first-order valence-corrected chi connectivity index (χ1v) is 22.8. The van der Waals surface area contributed by atoms with Crippen LogP contribution in [0.25, 0.3) is 44.3 Å². The van der Waals surface area contributed by atoms with Crippen LogP contribution < -0.4 is 21.7 Å². The van der Waals surface area contributed by atoms with Gasteiger partial charge in [0.2, 0.25) is 17.8 Å². The number of nitrogens with two attached hydrogens (primary N) is 1. The van der Waals surface area contributed by atoms with Crippen LogP contribution in [0.1, 0.15) is 58.6 Å². The lowest BCUT2D eigenvalue weighted by molar-refractivity contribution is -0.114. The Labute approximate surface area is 415 Å². The Morgan fingerprint density at radius 2 is 1.06 bits per heavy atom. The minimum Gasteiger partial charge on any atom is -0.399 e. The molecule has 1 amide bonds. The molecule has 0 aliphatic carbocycles. The first-order chi connectivity index (χ1) is 31.7. The van der Waals surface area contributed by atoms with Gasteiger partial charge in [-0.2, -0.15) is 0 Å². The number of hydrogen-bond acceptors (Lipinski definition) is 10. The lowest BCUT2D eigenvalue weighted by atomic mass is 10.0. The number of rotatable bonds is 11. The molecule has 16 heteroatoms. The van der Waals surface area contributed by atoms with Crippen molar-refractivity contribution in [3.8, 4) is 22.5 Å². The molecule has 4 aromatic carbocycles. The summed E-state index contributed by atoms with van der Waals surface area (Å²) >= 11 is 12.9. The molecule has 68 heavy (non-hydrogen) atoms. The molecule has 0 bridgehead atoms. The third-order valence-corrected chi connectivity index (χ3v) is 12.6. The number of fused-ring (bicyclic) bond motifs is 2. The summed E-state index contributed by atoms with van der Waals surface area (Å²) < 4.78 is 0. The Morgan fingerprint density at radius 3 is 1.49 bits per heavy atom. The number of carbonyl (C=O) groups is 1. The smallest absolute Gasteiger partial charge is 0.223 e. The number of hydrogen-bond donors (Lipinski definition) is 6. The molecule has 6 heterocycles. The van der Waals surface area contributed by atoms with E-state index in [-0.39, 0.29) is 33.2 Å². The Balaban J connectivity index is 0.000000215. The first-order valence-electron chi connectivity index (χ1n) is 22.1. The summed E-state index contributed by atoms with van der Waals surface area (Å²) in [5.74, 6) is 1.18. The summed E-state index contributed by atoms with van der Waals surface area (Å²) in [7, 11) is 0. The van der Waals surface area contributed by atoms with Crippen LogP contribution in [0.5, 0.6) is 0 Å². The van der Waals surface area contributed by atoms with Crippen LogP contribution in [0.3, 0.4) is 0 Å². The second-order valence-electron chi connectivity index (χ2n) is 16.8. The highest BCUT2D eigenvalue weighted by molar-refractivity contribution is 6.33. The zero-order valence-corrected chi connectivity index (χ0v) is 38.9. The van der Waals surface area contributed by atoms with E-state index in [1.807, 2.05) is 73.1 Å². The summed E-state index contributed by atoms with van der Waals surface area (Å²) in [6.07, 6.45) is 11.4. The summed E-state index contributed by atoms with van der Waals surface area (Å²) in [4.78, 5) is 41.1. The molecule has 13 nitrogen and oxygen atoms in total. The highest BCUT2D eigenvalue weighted by Crippen LogP contribution is 2.34. The molecule has 8 aromatic rings. The average molecular weight is 977 g/mol. The minimum absolute atomic E-state index is 0.